The fraction of sp³-hybridized carbons (Fsp3) is 0.167. The minimum absolute atomic E-state index is 0.0187. The maximum atomic E-state index is 12.2. The lowest BCUT2D eigenvalue weighted by Crippen LogP contribution is -2.08. The summed E-state index contributed by atoms with van der Waals surface area (Å²) in [7, 11) is 1.77. The van der Waals surface area contributed by atoms with Gasteiger partial charge in [0.15, 0.2) is 16.8 Å². The highest BCUT2D eigenvalue weighted by Gasteiger charge is 2.19. The molecule has 25 heavy (non-hydrogen) atoms. The molecule has 0 radical (unpaired) electrons. The van der Waals surface area contributed by atoms with E-state index in [4.69, 9.17) is 11.6 Å². The molecule has 1 heterocycles. The first kappa shape index (κ1) is 17.7. The van der Waals surface area contributed by atoms with Crippen LogP contribution in [0.4, 0.5) is 0 Å². The van der Waals surface area contributed by atoms with Crippen LogP contribution in [-0.2, 0) is 7.05 Å². The molecule has 3 rings (SSSR count). The average molecular weight is 374 g/mol. The van der Waals surface area contributed by atoms with Crippen LogP contribution in [0.1, 0.15) is 27.8 Å². The molecule has 7 heteroatoms. The van der Waals surface area contributed by atoms with Gasteiger partial charge < -0.3 is 9.67 Å². The summed E-state index contributed by atoms with van der Waals surface area (Å²) in [5, 5.41) is 19.8. The van der Waals surface area contributed by atoms with Crippen LogP contribution < -0.4 is 0 Å². The molecule has 3 aromatic rings. The third kappa shape index (κ3) is 4.10. The van der Waals surface area contributed by atoms with Gasteiger partial charge in [0, 0.05) is 17.6 Å². The lowest BCUT2D eigenvalue weighted by molar-refractivity contribution is 0.102. The van der Waals surface area contributed by atoms with Gasteiger partial charge in [-0.25, -0.2) is 0 Å². The van der Waals surface area contributed by atoms with Crippen molar-refractivity contribution in [2.75, 3.05) is 5.75 Å². The quantitative estimate of drug-likeness (QED) is 0.529. The fourth-order valence-electron chi connectivity index (χ4n) is 2.32. The highest BCUT2D eigenvalue weighted by Crippen LogP contribution is 2.24. The van der Waals surface area contributed by atoms with Crippen molar-refractivity contribution in [2.24, 2.45) is 7.05 Å². The maximum absolute atomic E-state index is 12.2. The average Bonchev–Trinajstić information content (AvgIpc) is 3.01. The zero-order valence-corrected chi connectivity index (χ0v) is 15.0. The van der Waals surface area contributed by atoms with Gasteiger partial charge in [0.2, 0.25) is 0 Å². The number of aromatic nitrogens is 3. The van der Waals surface area contributed by atoms with Crippen LogP contribution in [0, 0.1) is 0 Å². The smallest absolute Gasteiger partial charge is 0.191 e. The monoisotopic (exact) mass is 373 g/mol. The van der Waals surface area contributed by atoms with E-state index < -0.39 is 6.10 Å². The van der Waals surface area contributed by atoms with E-state index in [-0.39, 0.29) is 11.5 Å². The Balaban J connectivity index is 1.69. The van der Waals surface area contributed by atoms with Crippen LogP contribution >= 0.6 is 23.4 Å². The Kier molecular flexibility index (Phi) is 5.53. The Morgan fingerprint density at radius 1 is 1.16 bits per heavy atom. The van der Waals surface area contributed by atoms with Crippen LogP contribution in [0.2, 0.25) is 5.02 Å². The highest BCUT2D eigenvalue weighted by molar-refractivity contribution is 7.99. The molecule has 1 aromatic heterocycles. The largest absolute Gasteiger partial charge is 0.380 e. The van der Waals surface area contributed by atoms with Crippen molar-refractivity contribution in [2.45, 2.75) is 11.3 Å². The first-order valence-electron chi connectivity index (χ1n) is 7.60. The van der Waals surface area contributed by atoms with E-state index in [1.807, 2.05) is 30.3 Å². The first-order valence-corrected chi connectivity index (χ1v) is 8.96. The zero-order valence-electron chi connectivity index (χ0n) is 13.5. The van der Waals surface area contributed by atoms with Gasteiger partial charge in [-0.15, -0.1) is 10.2 Å². The second kappa shape index (κ2) is 7.82. The molecule has 0 amide bonds. The topological polar surface area (TPSA) is 68.0 Å². The highest BCUT2D eigenvalue weighted by atomic mass is 35.5. The standard InChI is InChI=1S/C18H16ClN3O2S/c1-22-17(16(24)13-5-3-2-4-6-13)20-21-18(22)25-11-15(23)12-7-9-14(19)10-8-12/h2-10,16,24H,11H2,1H3/t16-/m0/s1. The third-order valence-corrected chi connectivity index (χ3v) is 5.00. The van der Waals surface area contributed by atoms with Crippen LogP contribution in [0.25, 0.3) is 0 Å². The number of benzene rings is 2. The Labute approximate surface area is 154 Å². The molecule has 5 nitrogen and oxygen atoms in total. The van der Waals surface area contributed by atoms with Crippen LogP contribution in [0.5, 0.6) is 0 Å². The number of halogens is 1. The van der Waals surface area contributed by atoms with Gasteiger partial charge in [-0.05, 0) is 29.8 Å². The Morgan fingerprint density at radius 2 is 1.84 bits per heavy atom. The number of hydrogen-bond acceptors (Lipinski definition) is 5. The zero-order chi connectivity index (χ0) is 17.8. The van der Waals surface area contributed by atoms with Crippen LogP contribution in [0.3, 0.4) is 0 Å². The minimum atomic E-state index is -0.861. The van der Waals surface area contributed by atoms with Crippen LogP contribution in [-0.4, -0.2) is 31.4 Å². The summed E-state index contributed by atoms with van der Waals surface area (Å²) < 4.78 is 1.71. The third-order valence-electron chi connectivity index (χ3n) is 3.73. The molecule has 0 aliphatic rings. The van der Waals surface area contributed by atoms with E-state index in [1.54, 1.807) is 35.9 Å². The lowest BCUT2D eigenvalue weighted by atomic mass is 10.1. The van der Waals surface area contributed by atoms with Crippen molar-refractivity contribution in [3.63, 3.8) is 0 Å². The molecular formula is C18H16ClN3O2S. The molecular weight excluding hydrogens is 358 g/mol. The van der Waals surface area contributed by atoms with E-state index >= 15 is 0 Å². The number of carbonyl (C=O) groups is 1. The van der Waals surface area contributed by atoms with Crippen molar-refractivity contribution < 1.29 is 9.90 Å². The minimum Gasteiger partial charge on any atom is -0.380 e. The van der Waals surface area contributed by atoms with Crippen molar-refractivity contribution in [3.05, 3.63) is 76.6 Å². The second-order valence-corrected chi connectivity index (χ2v) is 6.81. The van der Waals surface area contributed by atoms with Crippen molar-refractivity contribution >= 4 is 29.1 Å². The molecule has 0 bridgehead atoms. The van der Waals surface area contributed by atoms with Crippen molar-refractivity contribution in [1.82, 2.24) is 14.8 Å². The van der Waals surface area contributed by atoms with Gasteiger partial charge in [0.05, 0.1) is 5.75 Å². The van der Waals surface area contributed by atoms with Gasteiger partial charge in [-0.3, -0.25) is 4.79 Å². The molecule has 0 aliphatic heterocycles. The molecule has 128 valence electrons. The van der Waals surface area contributed by atoms with E-state index in [0.29, 0.717) is 21.6 Å². The summed E-state index contributed by atoms with van der Waals surface area (Å²) in [6.45, 7) is 0. The summed E-state index contributed by atoms with van der Waals surface area (Å²) in [6.07, 6.45) is -0.861. The number of hydrogen-bond donors (Lipinski definition) is 1. The van der Waals surface area contributed by atoms with E-state index in [0.717, 1.165) is 5.56 Å². The number of aliphatic hydroxyl groups is 1. The number of nitrogens with zero attached hydrogens (tertiary/aromatic N) is 3. The molecule has 1 N–H and O–H groups in total. The first-order chi connectivity index (χ1) is 12.1. The lowest BCUT2D eigenvalue weighted by Gasteiger charge is -2.10. The Bertz CT molecular complexity index is 866. The number of Topliss-reactive ketones (excluding diaryl/α,β-unsaturated/α-hetero) is 1. The summed E-state index contributed by atoms with van der Waals surface area (Å²) in [6, 6.07) is 16.0. The molecule has 0 fully saturated rings. The second-order valence-electron chi connectivity index (χ2n) is 5.43. The van der Waals surface area contributed by atoms with Gasteiger partial charge in [-0.1, -0.05) is 53.7 Å². The maximum Gasteiger partial charge on any atom is 0.191 e. The summed E-state index contributed by atoms with van der Waals surface area (Å²) >= 11 is 7.11. The summed E-state index contributed by atoms with van der Waals surface area (Å²) in [5.41, 5.74) is 1.34. The fourth-order valence-corrected chi connectivity index (χ4v) is 3.26. The molecule has 0 saturated heterocycles. The normalized spacial score (nSPS) is 12.1. The summed E-state index contributed by atoms with van der Waals surface area (Å²) in [5.74, 6) is 0.650. The SMILES string of the molecule is Cn1c(SCC(=O)c2ccc(Cl)cc2)nnc1[C@@H](O)c1ccccc1. The number of aliphatic hydroxyl groups excluding tert-OH is 1. The van der Waals surface area contributed by atoms with Gasteiger partial charge in [-0.2, -0.15) is 0 Å². The summed E-state index contributed by atoms with van der Waals surface area (Å²) in [4.78, 5) is 12.2. The Morgan fingerprint density at radius 3 is 2.52 bits per heavy atom. The number of thioether (sulfide) groups is 1. The van der Waals surface area contributed by atoms with Gasteiger partial charge in [0.25, 0.3) is 0 Å². The van der Waals surface area contributed by atoms with E-state index in [1.165, 1.54) is 11.8 Å². The van der Waals surface area contributed by atoms with Gasteiger partial charge >= 0.3 is 0 Å². The van der Waals surface area contributed by atoms with Crippen molar-refractivity contribution in [1.29, 1.82) is 0 Å². The number of ketones is 1. The van der Waals surface area contributed by atoms with Crippen molar-refractivity contribution in [3.8, 4) is 0 Å². The predicted octanol–water partition coefficient (Wildman–Crippen LogP) is 3.53. The predicted molar refractivity (Wildman–Crippen MR) is 98.0 cm³/mol. The molecule has 0 unspecified atom stereocenters. The molecule has 0 spiro atoms. The molecule has 1 atom stereocenters. The molecule has 2 aromatic carbocycles. The Hall–Kier alpha value is -2.15. The van der Waals surface area contributed by atoms with Gasteiger partial charge in [0.1, 0.15) is 6.10 Å². The number of carbonyl (C=O) groups excluding carboxylic acids is 1. The van der Waals surface area contributed by atoms with E-state index in [9.17, 15) is 9.90 Å². The number of rotatable bonds is 6. The molecule has 0 aliphatic carbocycles. The van der Waals surface area contributed by atoms with E-state index in [2.05, 4.69) is 10.2 Å². The van der Waals surface area contributed by atoms with Crippen LogP contribution in [0.15, 0.2) is 59.8 Å². The molecule has 0 saturated carbocycles.